The largest absolute Gasteiger partial charge is 0.457 e. The molecule has 3 heteroatoms. The molecule has 1 spiro atoms. The van der Waals surface area contributed by atoms with Crippen LogP contribution in [0, 0.1) is 11.8 Å². The Balaban J connectivity index is 1.04. The molecule has 7 aromatic carbocycles. The van der Waals surface area contributed by atoms with E-state index in [1.807, 2.05) is 6.07 Å². The molecule has 13 rings (SSSR count). The first-order chi connectivity index (χ1) is 27.8. The summed E-state index contributed by atoms with van der Waals surface area (Å²) in [6.07, 6.45) is 13.9. The normalized spacial score (nSPS) is 18.4. The van der Waals surface area contributed by atoms with Gasteiger partial charge in [-0.2, -0.15) is 0 Å². The van der Waals surface area contributed by atoms with Crippen LogP contribution in [-0.2, 0) is 5.41 Å². The highest BCUT2D eigenvalue weighted by atomic mass is 16.5. The third-order valence-electron chi connectivity index (χ3n) is 12.9. The van der Waals surface area contributed by atoms with Crippen LogP contribution in [0.3, 0.4) is 0 Å². The number of rotatable bonds is 2. The Labute approximate surface area is 323 Å². The van der Waals surface area contributed by atoms with Crippen LogP contribution in [0.1, 0.15) is 27.8 Å². The average Bonchev–Trinajstić information content (AvgIpc) is 3.89. The summed E-state index contributed by atoms with van der Waals surface area (Å²) in [6, 6.07) is 55.2. The fourth-order valence-corrected chi connectivity index (χ4v) is 10.6. The summed E-state index contributed by atoms with van der Waals surface area (Å²) in [5.74, 6) is 2.13. The van der Waals surface area contributed by atoms with Crippen molar-refractivity contribution in [3.05, 3.63) is 216 Å². The van der Waals surface area contributed by atoms with Crippen molar-refractivity contribution in [3.63, 3.8) is 0 Å². The first-order valence-electron chi connectivity index (χ1n) is 19.5. The lowest BCUT2D eigenvalue weighted by molar-refractivity contribution is 0.436. The van der Waals surface area contributed by atoms with Crippen molar-refractivity contribution in [1.29, 1.82) is 0 Å². The van der Waals surface area contributed by atoms with E-state index < -0.39 is 5.41 Å². The van der Waals surface area contributed by atoms with E-state index in [4.69, 9.17) is 9.15 Å². The van der Waals surface area contributed by atoms with Crippen molar-refractivity contribution in [3.8, 4) is 22.6 Å². The number of benzene rings is 7. The predicted octanol–water partition coefficient (Wildman–Crippen LogP) is 13.5. The van der Waals surface area contributed by atoms with Crippen LogP contribution in [0.2, 0.25) is 0 Å². The van der Waals surface area contributed by atoms with Gasteiger partial charge in [0.15, 0.2) is 0 Å². The third-order valence-corrected chi connectivity index (χ3v) is 12.9. The lowest BCUT2D eigenvalue weighted by atomic mass is 9.66. The molecule has 2 atom stereocenters. The zero-order chi connectivity index (χ0) is 36.5. The van der Waals surface area contributed by atoms with Gasteiger partial charge < -0.3 is 13.7 Å². The van der Waals surface area contributed by atoms with Crippen LogP contribution < -0.4 is 4.74 Å². The fraction of sp³-hybridized carbons (Fsp3) is 0.0566. The van der Waals surface area contributed by atoms with Crippen LogP contribution in [0.5, 0.6) is 11.5 Å². The number of fused-ring (bicyclic) bond motifs is 16. The molecule has 0 fully saturated rings. The van der Waals surface area contributed by atoms with E-state index >= 15 is 0 Å². The summed E-state index contributed by atoms with van der Waals surface area (Å²) in [6.45, 7) is 0. The number of furan rings is 1. The number of hydrogen-bond acceptors (Lipinski definition) is 2. The molecule has 0 bridgehead atoms. The minimum Gasteiger partial charge on any atom is -0.457 e. The van der Waals surface area contributed by atoms with Gasteiger partial charge in [-0.25, -0.2) is 0 Å². The quantitative estimate of drug-likeness (QED) is 0.178. The van der Waals surface area contributed by atoms with Gasteiger partial charge in [0, 0.05) is 50.2 Å². The second-order valence-corrected chi connectivity index (χ2v) is 15.5. The van der Waals surface area contributed by atoms with Crippen molar-refractivity contribution in [2.45, 2.75) is 5.41 Å². The Kier molecular flexibility index (Phi) is 5.94. The highest BCUT2D eigenvalue weighted by Crippen LogP contribution is 2.63. The molecule has 3 heterocycles. The molecule has 2 aromatic heterocycles. The zero-order valence-corrected chi connectivity index (χ0v) is 30.3. The van der Waals surface area contributed by atoms with Crippen LogP contribution in [0.4, 0.5) is 0 Å². The Morgan fingerprint density at radius 3 is 2.00 bits per heavy atom. The topological polar surface area (TPSA) is 27.3 Å². The van der Waals surface area contributed by atoms with Crippen LogP contribution in [0.25, 0.3) is 66.1 Å². The van der Waals surface area contributed by atoms with E-state index in [9.17, 15) is 0 Å². The summed E-state index contributed by atoms with van der Waals surface area (Å²) in [4.78, 5) is 0. The Morgan fingerprint density at radius 2 is 1.14 bits per heavy atom. The molecule has 56 heavy (non-hydrogen) atoms. The number of nitrogens with zero attached hydrogens (tertiary/aromatic N) is 1. The molecule has 2 unspecified atom stereocenters. The monoisotopic (exact) mass is 715 g/mol. The summed E-state index contributed by atoms with van der Waals surface area (Å²) in [5.41, 5.74) is 15.1. The van der Waals surface area contributed by atoms with E-state index in [0.717, 1.165) is 33.4 Å². The maximum absolute atomic E-state index is 6.65. The molecule has 0 amide bonds. The molecule has 262 valence electrons. The first-order valence-corrected chi connectivity index (χ1v) is 19.5. The van der Waals surface area contributed by atoms with E-state index in [-0.39, 0.29) is 11.8 Å². The number of hydrogen-bond donors (Lipinski definition) is 0. The lowest BCUT2D eigenvalue weighted by Crippen LogP contribution is -2.32. The molecule has 4 aliphatic rings. The van der Waals surface area contributed by atoms with E-state index in [0.29, 0.717) is 0 Å². The lowest BCUT2D eigenvalue weighted by Gasteiger charge is -2.39. The Hall–Kier alpha value is -7.10. The minimum absolute atomic E-state index is 0.139. The van der Waals surface area contributed by atoms with Crippen molar-refractivity contribution in [1.82, 2.24) is 4.57 Å². The maximum Gasteiger partial charge on any atom is 0.135 e. The highest BCUT2D eigenvalue weighted by Gasteiger charge is 2.51. The average molecular weight is 716 g/mol. The molecule has 3 nitrogen and oxygen atoms in total. The van der Waals surface area contributed by atoms with Crippen molar-refractivity contribution < 1.29 is 9.15 Å². The van der Waals surface area contributed by atoms with Gasteiger partial charge in [-0.3, -0.25) is 0 Å². The number of ether oxygens (including phenoxy) is 1. The third kappa shape index (κ3) is 3.82. The number of allylic oxidation sites excluding steroid dienone is 8. The smallest absolute Gasteiger partial charge is 0.135 e. The van der Waals surface area contributed by atoms with E-state index in [2.05, 4.69) is 187 Å². The summed E-state index contributed by atoms with van der Waals surface area (Å²) >= 11 is 0. The second kappa shape index (κ2) is 11.0. The van der Waals surface area contributed by atoms with Crippen LogP contribution in [-0.4, -0.2) is 4.57 Å². The summed E-state index contributed by atoms with van der Waals surface area (Å²) in [5, 5.41) is 4.83. The predicted molar refractivity (Wildman–Crippen MR) is 228 cm³/mol. The fourth-order valence-electron chi connectivity index (χ4n) is 10.6. The molecule has 0 saturated heterocycles. The summed E-state index contributed by atoms with van der Waals surface area (Å²) in [7, 11) is 0. The van der Waals surface area contributed by atoms with Gasteiger partial charge >= 0.3 is 0 Å². The van der Waals surface area contributed by atoms with Gasteiger partial charge in [-0.05, 0) is 88.0 Å². The van der Waals surface area contributed by atoms with Gasteiger partial charge in [0.25, 0.3) is 0 Å². The Bertz CT molecular complexity index is 3260. The second-order valence-electron chi connectivity index (χ2n) is 15.5. The number of aromatic nitrogens is 1. The summed E-state index contributed by atoms with van der Waals surface area (Å²) < 4.78 is 15.4. The molecule has 0 saturated carbocycles. The molecule has 0 N–H and O–H groups in total. The van der Waals surface area contributed by atoms with Gasteiger partial charge in [0.05, 0.1) is 16.4 Å². The van der Waals surface area contributed by atoms with Gasteiger partial charge in [0.1, 0.15) is 22.7 Å². The van der Waals surface area contributed by atoms with Gasteiger partial charge in [0.2, 0.25) is 0 Å². The van der Waals surface area contributed by atoms with Crippen LogP contribution in [0.15, 0.2) is 193 Å². The minimum atomic E-state index is -0.535. The van der Waals surface area contributed by atoms with Gasteiger partial charge in [-0.1, -0.05) is 134 Å². The van der Waals surface area contributed by atoms with E-state index in [1.54, 1.807) is 0 Å². The van der Waals surface area contributed by atoms with Crippen molar-refractivity contribution in [2.75, 3.05) is 0 Å². The number of para-hydroxylation sites is 4. The molecular formula is C53H33NO2. The SMILES string of the molecule is C1=CC2C(c3ccc4oc5ccccc5c4c3)=CC=CC2C(n2c3ccccc3c3cc4c(cc32)C2(c3ccccc3Oc3ccccc32)c2ccccc2-4)=C1. The van der Waals surface area contributed by atoms with Crippen molar-refractivity contribution in [2.24, 2.45) is 11.8 Å². The molecule has 9 aromatic rings. The molecule has 3 aliphatic carbocycles. The first kappa shape index (κ1) is 30.3. The zero-order valence-electron chi connectivity index (χ0n) is 30.3. The molecular weight excluding hydrogens is 683 g/mol. The molecule has 1 aliphatic heterocycles. The van der Waals surface area contributed by atoms with Crippen LogP contribution >= 0.6 is 0 Å². The standard InChI is InChI=1S/C53H33NO2/c1-4-19-42-35(13-1)39-30-40-37-14-2-7-22-46(37)54(48(40)31-45(39)53(42)43-20-5-9-25-51(43)56-52-26-10-6-21-44(52)53)47-23-12-17-34-33(16-11-18-36(34)47)32-27-28-50-41(29-32)38-15-3-8-24-49(38)55-50/h1-31,34,36H. The van der Waals surface area contributed by atoms with E-state index in [1.165, 1.54) is 72.0 Å². The molecule has 0 radical (unpaired) electrons. The maximum atomic E-state index is 6.65. The Morgan fingerprint density at radius 1 is 0.464 bits per heavy atom. The van der Waals surface area contributed by atoms with Gasteiger partial charge in [-0.15, -0.1) is 0 Å². The highest BCUT2D eigenvalue weighted by molar-refractivity contribution is 6.13. The van der Waals surface area contributed by atoms with Crippen molar-refractivity contribution >= 4 is 55.0 Å².